The van der Waals surface area contributed by atoms with E-state index >= 15 is 0 Å². The maximum absolute atomic E-state index is 5.70. The highest BCUT2D eigenvalue weighted by Gasteiger charge is 2.58. The second kappa shape index (κ2) is 8.60. The Morgan fingerprint density at radius 2 is 2.00 bits per heavy atom. The fraction of sp³-hybridized carbons (Fsp3) is 0.500. The van der Waals surface area contributed by atoms with E-state index in [1.54, 1.807) is 14.2 Å². The van der Waals surface area contributed by atoms with Gasteiger partial charge in [0.15, 0.2) is 18.1 Å². The number of halogens is 1. The summed E-state index contributed by atoms with van der Waals surface area (Å²) >= 11 is 0. The van der Waals surface area contributed by atoms with Crippen LogP contribution in [0.15, 0.2) is 46.1 Å². The van der Waals surface area contributed by atoms with Gasteiger partial charge in [0, 0.05) is 31.2 Å². The average Bonchev–Trinajstić information content (AvgIpc) is 3.13. The van der Waals surface area contributed by atoms with Crippen LogP contribution >= 0.6 is 24.0 Å². The van der Waals surface area contributed by atoms with Crippen molar-refractivity contribution in [2.24, 2.45) is 10.4 Å². The van der Waals surface area contributed by atoms with Gasteiger partial charge in [-0.2, -0.15) is 0 Å². The average molecular weight is 484 g/mol. The van der Waals surface area contributed by atoms with Gasteiger partial charge in [-0.1, -0.05) is 44.2 Å². The zero-order valence-corrected chi connectivity index (χ0v) is 18.9. The summed E-state index contributed by atoms with van der Waals surface area (Å²) in [5.74, 6) is 1.53. The van der Waals surface area contributed by atoms with Crippen molar-refractivity contribution < 1.29 is 9.15 Å². The largest absolute Gasteiger partial charge is 0.443 e. The van der Waals surface area contributed by atoms with E-state index in [2.05, 4.69) is 41.4 Å². The molecule has 0 bridgehead atoms. The molecule has 1 aliphatic carbocycles. The van der Waals surface area contributed by atoms with Gasteiger partial charge in [-0.25, -0.2) is 4.98 Å². The lowest BCUT2D eigenvalue weighted by Gasteiger charge is -2.59. The first-order valence-corrected chi connectivity index (χ1v) is 8.91. The summed E-state index contributed by atoms with van der Waals surface area (Å²) in [6.07, 6.45) is 2.42. The topological polar surface area (TPSA) is 71.7 Å². The number of guanidine groups is 1. The number of benzene rings is 1. The van der Waals surface area contributed by atoms with E-state index in [0.29, 0.717) is 12.6 Å². The summed E-state index contributed by atoms with van der Waals surface area (Å²) in [7, 11) is 3.55. The summed E-state index contributed by atoms with van der Waals surface area (Å²) in [5, 5.41) is 6.84. The molecule has 1 aromatic carbocycles. The Balaban J connectivity index is 0.00000261. The normalized spacial score (nSPS) is 23.9. The van der Waals surface area contributed by atoms with Crippen molar-refractivity contribution in [2.75, 3.05) is 14.2 Å². The molecule has 148 valence electrons. The molecule has 1 fully saturated rings. The molecule has 0 saturated heterocycles. The molecule has 3 rings (SSSR count). The molecule has 2 unspecified atom stereocenters. The number of nitrogens with zero attached hydrogens (tertiary/aromatic N) is 2. The van der Waals surface area contributed by atoms with E-state index in [0.717, 1.165) is 29.4 Å². The van der Waals surface area contributed by atoms with Crippen molar-refractivity contribution in [3.63, 3.8) is 0 Å². The molecule has 6 nitrogen and oxygen atoms in total. The lowest BCUT2D eigenvalue weighted by Crippen LogP contribution is -2.69. The van der Waals surface area contributed by atoms with E-state index in [9.17, 15) is 0 Å². The Morgan fingerprint density at radius 3 is 2.59 bits per heavy atom. The lowest BCUT2D eigenvalue weighted by atomic mass is 9.56. The number of rotatable bonds is 5. The maximum atomic E-state index is 5.70. The molecule has 1 heterocycles. The number of methoxy groups -OCH3 is 1. The second-order valence-corrected chi connectivity index (χ2v) is 7.48. The van der Waals surface area contributed by atoms with Crippen molar-refractivity contribution in [2.45, 2.75) is 45.4 Å². The van der Waals surface area contributed by atoms with Gasteiger partial charge >= 0.3 is 0 Å². The number of nitrogens with one attached hydrogen (secondary N) is 2. The van der Waals surface area contributed by atoms with E-state index in [4.69, 9.17) is 9.15 Å². The molecule has 0 aliphatic heterocycles. The molecule has 1 saturated carbocycles. The quantitative estimate of drug-likeness (QED) is 0.384. The molecular weight excluding hydrogens is 455 g/mol. The van der Waals surface area contributed by atoms with Gasteiger partial charge in [0.25, 0.3) is 0 Å². The summed E-state index contributed by atoms with van der Waals surface area (Å²) in [6.45, 7) is 7.13. The molecule has 2 aromatic rings. The summed E-state index contributed by atoms with van der Waals surface area (Å²) in [5.41, 5.74) is 1.77. The molecule has 0 spiro atoms. The molecule has 1 aliphatic rings. The third-order valence-corrected chi connectivity index (χ3v) is 5.91. The third kappa shape index (κ3) is 4.13. The lowest BCUT2D eigenvalue weighted by molar-refractivity contribution is -0.176. The number of aliphatic imine (C=N–C) groups is 1. The highest BCUT2D eigenvalue weighted by Crippen LogP contribution is 2.51. The van der Waals surface area contributed by atoms with Crippen LogP contribution in [0.2, 0.25) is 0 Å². The van der Waals surface area contributed by atoms with Gasteiger partial charge in [-0.3, -0.25) is 4.99 Å². The van der Waals surface area contributed by atoms with Crippen LogP contribution in [0.5, 0.6) is 0 Å². The molecule has 2 atom stereocenters. The Morgan fingerprint density at radius 1 is 1.30 bits per heavy atom. The van der Waals surface area contributed by atoms with Crippen LogP contribution in [-0.4, -0.2) is 36.7 Å². The van der Waals surface area contributed by atoms with Gasteiger partial charge in [0.2, 0.25) is 0 Å². The van der Waals surface area contributed by atoms with Crippen LogP contribution in [0.3, 0.4) is 0 Å². The molecule has 7 heteroatoms. The van der Waals surface area contributed by atoms with Crippen LogP contribution < -0.4 is 10.6 Å². The molecule has 27 heavy (non-hydrogen) atoms. The third-order valence-electron chi connectivity index (χ3n) is 5.91. The zero-order chi connectivity index (χ0) is 18.8. The molecule has 0 radical (unpaired) electrons. The van der Waals surface area contributed by atoms with Crippen LogP contribution in [-0.2, 0) is 11.3 Å². The van der Waals surface area contributed by atoms with Gasteiger partial charge < -0.3 is 19.8 Å². The summed E-state index contributed by atoms with van der Waals surface area (Å²) in [4.78, 5) is 8.69. The predicted octanol–water partition coefficient (Wildman–Crippen LogP) is 3.83. The zero-order valence-electron chi connectivity index (χ0n) is 16.6. The summed E-state index contributed by atoms with van der Waals surface area (Å²) in [6, 6.07) is 10.3. The van der Waals surface area contributed by atoms with Crippen molar-refractivity contribution >= 4 is 29.9 Å². The van der Waals surface area contributed by atoms with E-state index in [1.165, 1.54) is 6.39 Å². The summed E-state index contributed by atoms with van der Waals surface area (Å²) < 4.78 is 11.3. The van der Waals surface area contributed by atoms with Crippen LogP contribution in [0.4, 0.5) is 0 Å². The number of hydrogen-bond donors (Lipinski definition) is 2. The molecular formula is C20H29IN4O2. The minimum atomic E-state index is -0.115. The van der Waals surface area contributed by atoms with E-state index in [1.807, 2.05) is 30.3 Å². The first-order valence-electron chi connectivity index (χ1n) is 8.91. The fourth-order valence-corrected chi connectivity index (χ4v) is 3.47. The Hall–Kier alpha value is -1.61. The minimum Gasteiger partial charge on any atom is -0.443 e. The monoisotopic (exact) mass is 484 g/mol. The van der Waals surface area contributed by atoms with E-state index < -0.39 is 0 Å². The highest BCUT2D eigenvalue weighted by molar-refractivity contribution is 14.0. The molecule has 0 amide bonds. The van der Waals surface area contributed by atoms with Crippen molar-refractivity contribution in [1.82, 2.24) is 15.6 Å². The number of hydrogen-bond acceptors (Lipinski definition) is 4. The highest BCUT2D eigenvalue weighted by atomic mass is 127. The maximum Gasteiger partial charge on any atom is 0.191 e. The Labute approximate surface area is 178 Å². The molecule has 2 N–H and O–H groups in total. The van der Waals surface area contributed by atoms with E-state index in [-0.39, 0.29) is 35.0 Å². The van der Waals surface area contributed by atoms with Crippen LogP contribution in [0.1, 0.15) is 32.9 Å². The van der Waals surface area contributed by atoms with Crippen LogP contribution in [0, 0.1) is 5.41 Å². The van der Waals surface area contributed by atoms with Crippen molar-refractivity contribution in [3.05, 3.63) is 42.4 Å². The number of aromatic nitrogens is 1. The molecule has 1 aromatic heterocycles. The number of oxazole rings is 1. The van der Waals surface area contributed by atoms with Gasteiger partial charge in [-0.05, 0) is 13.3 Å². The van der Waals surface area contributed by atoms with Gasteiger partial charge in [0.05, 0.1) is 12.1 Å². The second-order valence-electron chi connectivity index (χ2n) is 7.48. The van der Waals surface area contributed by atoms with Crippen LogP contribution in [0.25, 0.3) is 11.3 Å². The van der Waals surface area contributed by atoms with Gasteiger partial charge in [0.1, 0.15) is 5.69 Å². The van der Waals surface area contributed by atoms with Gasteiger partial charge in [-0.15, -0.1) is 24.0 Å². The Kier molecular flexibility index (Phi) is 6.91. The van der Waals surface area contributed by atoms with Crippen molar-refractivity contribution in [1.29, 1.82) is 0 Å². The smallest absolute Gasteiger partial charge is 0.191 e. The first-order chi connectivity index (χ1) is 12.4. The van der Waals surface area contributed by atoms with Crippen molar-refractivity contribution in [3.8, 4) is 11.3 Å². The Bertz CT molecular complexity index is 775. The predicted molar refractivity (Wildman–Crippen MR) is 118 cm³/mol. The first kappa shape index (κ1) is 21.7. The standard InChI is InChI=1S/C20H28N4O2.HI/c1-19(2)16(11-20(19,3)25-5)24-18(21-4)22-12-15-17(26-13-23-15)14-9-7-6-8-10-14;/h6-10,13,16H,11-12H2,1-5H3,(H2,21,22,24);1H. The SMILES string of the molecule is CN=C(NCc1ncoc1-c1ccccc1)NC1CC(C)(OC)C1(C)C.I. The minimum absolute atomic E-state index is 0. The fourth-order valence-electron chi connectivity index (χ4n) is 3.47. The number of ether oxygens (including phenoxy) is 1.